The number of carboxylic acids is 1. The number of hydrogen-bond donors (Lipinski definition) is 1. The molecule has 2 saturated heterocycles. The number of rotatable bonds is 3. The monoisotopic (exact) mass is 396 g/mol. The smallest absolute Gasteiger partial charge is 0.311 e. The highest BCUT2D eigenvalue weighted by Crippen LogP contribution is 2.40. The quantitative estimate of drug-likeness (QED) is 0.852. The molecule has 0 saturated carbocycles. The number of nitrogens with zero attached hydrogens (tertiary/aromatic N) is 2. The van der Waals surface area contributed by atoms with E-state index in [1.807, 2.05) is 0 Å². The topological polar surface area (TPSA) is 77.9 Å². The van der Waals surface area contributed by atoms with Crippen LogP contribution in [0.2, 0.25) is 5.02 Å². The molecule has 146 valence electrons. The molecule has 3 rings (SSSR count). The molecule has 0 aliphatic carbocycles. The minimum Gasteiger partial charge on any atom is -0.481 e. The third-order valence-electron chi connectivity index (χ3n) is 5.71. The number of halogens is 2. The zero-order valence-corrected chi connectivity index (χ0v) is 16.0. The molecule has 3 atom stereocenters. The fourth-order valence-electron chi connectivity index (χ4n) is 4.08. The zero-order chi connectivity index (χ0) is 19.9. The first-order chi connectivity index (χ1) is 12.6. The van der Waals surface area contributed by atoms with Gasteiger partial charge in [0.15, 0.2) is 0 Å². The van der Waals surface area contributed by atoms with E-state index < -0.39 is 29.2 Å². The Morgan fingerprint density at radius 1 is 1.37 bits per heavy atom. The van der Waals surface area contributed by atoms with Crippen molar-refractivity contribution in [3.05, 3.63) is 34.6 Å². The first kappa shape index (κ1) is 19.6. The summed E-state index contributed by atoms with van der Waals surface area (Å²) in [5.74, 6) is -2.69. The summed E-state index contributed by atoms with van der Waals surface area (Å²) in [7, 11) is 1.59. The second-order valence-electron chi connectivity index (χ2n) is 7.66. The Bertz CT molecular complexity index is 802. The van der Waals surface area contributed by atoms with Gasteiger partial charge >= 0.3 is 5.97 Å². The molecule has 8 heteroatoms. The van der Waals surface area contributed by atoms with E-state index in [2.05, 4.69) is 0 Å². The Balaban J connectivity index is 1.89. The van der Waals surface area contributed by atoms with Crippen LogP contribution in [0, 0.1) is 17.2 Å². The van der Waals surface area contributed by atoms with Gasteiger partial charge in [0.2, 0.25) is 11.8 Å². The fourth-order valence-corrected chi connectivity index (χ4v) is 4.20. The number of piperidine rings is 1. The molecule has 0 aromatic heterocycles. The van der Waals surface area contributed by atoms with E-state index in [1.165, 1.54) is 21.9 Å². The summed E-state index contributed by atoms with van der Waals surface area (Å²) in [6.45, 7) is 2.20. The molecule has 2 aliphatic heterocycles. The van der Waals surface area contributed by atoms with Crippen molar-refractivity contribution in [1.82, 2.24) is 9.80 Å². The molecule has 6 nitrogen and oxygen atoms in total. The normalized spacial score (nSPS) is 28.5. The number of likely N-dealkylation sites (tertiary alicyclic amines) is 2. The summed E-state index contributed by atoms with van der Waals surface area (Å²) < 4.78 is 13.9. The van der Waals surface area contributed by atoms with Crippen molar-refractivity contribution in [2.75, 3.05) is 20.1 Å². The average Bonchev–Trinajstić information content (AvgIpc) is 2.92. The number of amides is 2. The summed E-state index contributed by atoms with van der Waals surface area (Å²) in [5.41, 5.74) is -0.494. The largest absolute Gasteiger partial charge is 0.481 e. The van der Waals surface area contributed by atoms with Crippen LogP contribution in [0.25, 0.3) is 0 Å². The summed E-state index contributed by atoms with van der Waals surface area (Å²) in [4.78, 5) is 40.0. The lowest BCUT2D eigenvalue weighted by Gasteiger charge is -2.39. The van der Waals surface area contributed by atoms with Crippen molar-refractivity contribution in [2.45, 2.75) is 32.2 Å². The van der Waals surface area contributed by atoms with Gasteiger partial charge in [-0.05, 0) is 37.5 Å². The number of carbonyl (C=O) groups is 3. The third-order valence-corrected chi connectivity index (χ3v) is 6.02. The molecule has 2 aliphatic rings. The van der Waals surface area contributed by atoms with Gasteiger partial charge in [0.05, 0.1) is 22.4 Å². The van der Waals surface area contributed by atoms with Gasteiger partial charge in [-0.1, -0.05) is 17.7 Å². The van der Waals surface area contributed by atoms with Crippen molar-refractivity contribution in [1.29, 1.82) is 0 Å². The van der Waals surface area contributed by atoms with E-state index in [0.717, 1.165) is 0 Å². The summed E-state index contributed by atoms with van der Waals surface area (Å²) in [5, 5.41) is 9.45. The average molecular weight is 397 g/mol. The molecule has 1 N–H and O–H groups in total. The second-order valence-corrected chi connectivity index (χ2v) is 8.07. The van der Waals surface area contributed by atoms with Crippen molar-refractivity contribution < 1.29 is 23.9 Å². The van der Waals surface area contributed by atoms with Crippen molar-refractivity contribution in [3.63, 3.8) is 0 Å². The van der Waals surface area contributed by atoms with Gasteiger partial charge < -0.3 is 14.9 Å². The SMILES string of the molecule is CN1C(=O)CC(C(=O)N2CCCC(C)(C(=O)O)C2)C1c1ccc(Cl)c(F)c1. The Kier molecular flexibility index (Phi) is 5.16. The van der Waals surface area contributed by atoms with Crippen LogP contribution in [0.15, 0.2) is 18.2 Å². The van der Waals surface area contributed by atoms with Crippen LogP contribution in [0.3, 0.4) is 0 Å². The van der Waals surface area contributed by atoms with Gasteiger partial charge in [-0.25, -0.2) is 4.39 Å². The number of carboxylic acid groups (broad SMARTS) is 1. The minimum atomic E-state index is -0.996. The molecule has 0 bridgehead atoms. The maximum atomic E-state index is 13.9. The Morgan fingerprint density at radius 2 is 2.07 bits per heavy atom. The Hall–Kier alpha value is -2.15. The predicted molar refractivity (Wildman–Crippen MR) is 96.6 cm³/mol. The van der Waals surface area contributed by atoms with Crippen LogP contribution in [0.1, 0.15) is 37.8 Å². The summed E-state index contributed by atoms with van der Waals surface area (Å²) in [6.07, 6.45) is 1.11. The van der Waals surface area contributed by atoms with Crippen LogP contribution in [-0.4, -0.2) is 52.8 Å². The fraction of sp³-hybridized carbons (Fsp3) is 0.526. The van der Waals surface area contributed by atoms with Crippen molar-refractivity contribution >= 4 is 29.4 Å². The van der Waals surface area contributed by atoms with Gasteiger partial charge in [0.25, 0.3) is 0 Å². The van der Waals surface area contributed by atoms with Gasteiger partial charge in [0, 0.05) is 26.6 Å². The van der Waals surface area contributed by atoms with Crippen LogP contribution >= 0.6 is 11.6 Å². The maximum absolute atomic E-state index is 13.9. The lowest BCUT2D eigenvalue weighted by atomic mass is 9.81. The molecular weight excluding hydrogens is 375 g/mol. The number of benzene rings is 1. The molecule has 1 aromatic carbocycles. The number of carbonyl (C=O) groups excluding carboxylic acids is 2. The third kappa shape index (κ3) is 3.52. The van der Waals surface area contributed by atoms with Crippen molar-refractivity contribution in [2.24, 2.45) is 11.3 Å². The molecule has 3 unspecified atom stereocenters. The van der Waals surface area contributed by atoms with E-state index in [0.29, 0.717) is 24.9 Å². The standard InChI is InChI=1S/C19H22ClFN2O4/c1-19(18(26)27)6-3-7-23(10-19)17(25)12-9-15(24)22(2)16(12)11-4-5-13(20)14(21)8-11/h4-5,8,12,16H,3,6-7,9-10H2,1-2H3,(H,26,27). The Labute approximate surface area is 161 Å². The summed E-state index contributed by atoms with van der Waals surface area (Å²) in [6, 6.07) is 3.67. The van der Waals surface area contributed by atoms with Gasteiger partial charge in [-0.3, -0.25) is 14.4 Å². The number of aliphatic carboxylic acids is 1. The highest BCUT2D eigenvalue weighted by atomic mass is 35.5. The predicted octanol–water partition coefficient (Wildman–Crippen LogP) is 2.71. The molecule has 2 fully saturated rings. The van der Waals surface area contributed by atoms with Crippen LogP contribution < -0.4 is 0 Å². The lowest BCUT2D eigenvalue weighted by Crippen LogP contribution is -2.50. The molecular formula is C19H22ClFN2O4. The van der Waals surface area contributed by atoms with Crippen LogP contribution in [0.5, 0.6) is 0 Å². The molecule has 1 aromatic rings. The summed E-state index contributed by atoms with van der Waals surface area (Å²) >= 11 is 5.75. The first-order valence-electron chi connectivity index (χ1n) is 8.87. The zero-order valence-electron chi connectivity index (χ0n) is 15.2. The molecule has 0 radical (unpaired) electrons. The van der Waals surface area contributed by atoms with E-state index in [1.54, 1.807) is 20.0 Å². The van der Waals surface area contributed by atoms with Gasteiger partial charge in [-0.15, -0.1) is 0 Å². The second kappa shape index (κ2) is 7.11. The lowest BCUT2D eigenvalue weighted by molar-refractivity contribution is -0.154. The highest BCUT2D eigenvalue weighted by Gasteiger charge is 2.47. The first-order valence-corrected chi connectivity index (χ1v) is 9.24. The Morgan fingerprint density at radius 3 is 2.70 bits per heavy atom. The van der Waals surface area contributed by atoms with Gasteiger partial charge in [-0.2, -0.15) is 0 Å². The number of hydrogen-bond acceptors (Lipinski definition) is 3. The van der Waals surface area contributed by atoms with E-state index >= 15 is 0 Å². The van der Waals surface area contributed by atoms with E-state index in [4.69, 9.17) is 11.6 Å². The van der Waals surface area contributed by atoms with E-state index in [-0.39, 0.29) is 29.8 Å². The molecule has 27 heavy (non-hydrogen) atoms. The van der Waals surface area contributed by atoms with E-state index in [9.17, 15) is 23.9 Å². The van der Waals surface area contributed by atoms with Gasteiger partial charge in [0.1, 0.15) is 5.82 Å². The van der Waals surface area contributed by atoms with Crippen LogP contribution in [0.4, 0.5) is 4.39 Å². The highest BCUT2D eigenvalue weighted by molar-refractivity contribution is 6.30. The van der Waals surface area contributed by atoms with Crippen LogP contribution in [-0.2, 0) is 14.4 Å². The van der Waals surface area contributed by atoms with Crippen molar-refractivity contribution in [3.8, 4) is 0 Å². The molecule has 2 heterocycles. The molecule has 0 spiro atoms. The molecule has 2 amide bonds. The maximum Gasteiger partial charge on any atom is 0.311 e. The minimum absolute atomic E-state index is 0.0184.